The molecule has 1 rings (SSSR count). The van der Waals surface area contributed by atoms with Crippen LogP contribution in [0.2, 0.25) is 0 Å². The monoisotopic (exact) mass is 254 g/mol. The van der Waals surface area contributed by atoms with Crippen molar-refractivity contribution < 1.29 is 19.1 Å². The van der Waals surface area contributed by atoms with Crippen LogP contribution in [0, 0.1) is 11.7 Å². The van der Waals surface area contributed by atoms with Gasteiger partial charge in [-0.15, -0.1) is 0 Å². The number of carbonyl (C=O) groups is 2. The summed E-state index contributed by atoms with van der Waals surface area (Å²) in [4.78, 5) is 22.6. The summed E-state index contributed by atoms with van der Waals surface area (Å²) < 4.78 is 13.4. The molecule has 0 saturated carbocycles. The Bertz CT molecular complexity index is 474. The number of halogens is 1. The first-order chi connectivity index (χ1) is 8.34. The number of carbonyl (C=O) groups excluding carboxylic acids is 1. The third-order valence-electron chi connectivity index (χ3n) is 2.69. The van der Waals surface area contributed by atoms with Crippen LogP contribution in [0.1, 0.15) is 24.2 Å². The van der Waals surface area contributed by atoms with Crippen molar-refractivity contribution in [2.75, 3.05) is 5.32 Å². The summed E-state index contributed by atoms with van der Waals surface area (Å²) in [6.07, 6.45) is 0. The SMILES string of the molecule is CC(N)C(C)C(=O)Nc1cccc(F)c1C(=O)O. The normalized spacial score (nSPS) is 13.8. The number of amides is 1. The van der Waals surface area contributed by atoms with E-state index in [1.165, 1.54) is 12.1 Å². The summed E-state index contributed by atoms with van der Waals surface area (Å²) in [5, 5.41) is 11.3. The van der Waals surface area contributed by atoms with E-state index in [-0.39, 0.29) is 11.7 Å². The fraction of sp³-hybridized carbons (Fsp3) is 0.333. The molecule has 0 fully saturated rings. The first-order valence-electron chi connectivity index (χ1n) is 5.42. The molecule has 0 aromatic heterocycles. The lowest BCUT2D eigenvalue weighted by Crippen LogP contribution is -2.34. The van der Waals surface area contributed by atoms with Gasteiger partial charge in [0.25, 0.3) is 0 Å². The van der Waals surface area contributed by atoms with Crippen molar-refractivity contribution in [3.05, 3.63) is 29.6 Å². The van der Waals surface area contributed by atoms with E-state index in [4.69, 9.17) is 10.8 Å². The van der Waals surface area contributed by atoms with Crippen molar-refractivity contribution in [1.29, 1.82) is 0 Å². The van der Waals surface area contributed by atoms with Crippen LogP contribution in [0.25, 0.3) is 0 Å². The van der Waals surface area contributed by atoms with Gasteiger partial charge < -0.3 is 16.2 Å². The molecule has 1 amide bonds. The van der Waals surface area contributed by atoms with Crippen molar-refractivity contribution in [3.63, 3.8) is 0 Å². The summed E-state index contributed by atoms with van der Waals surface area (Å²) in [7, 11) is 0. The second-order valence-corrected chi connectivity index (χ2v) is 4.10. The first-order valence-corrected chi connectivity index (χ1v) is 5.42. The smallest absolute Gasteiger partial charge is 0.340 e. The van der Waals surface area contributed by atoms with E-state index in [0.717, 1.165) is 6.07 Å². The number of aromatic carboxylic acids is 1. The molecule has 0 aliphatic heterocycles. The van der Waals surface area contributed by atoms with Crippen LogP contribution in [0.5, 0.6) is 0 Å². The zero-order chi connectivity index (χ0) is 13.9. The molecule has 2 atom stereocenters. The number of anilines is 1. The molecular weight excluding hydrogens is 239 g/mol. The maximum Gasteiger partial charge on any atom is 0.340 e. The van der Waals surface area contributed by atoms with E-state index in [1.807, 2.05) is 0 Å². The molecule has 2 unspecified atom stereocenters. The average molecular weight is 254 g/mol. The standard InChI is InChI=1S/C12H15FN2O3/c1-6(7(2)14)11(16)15-9-5-3-4-8(13)10(9)12(17)18/h3-7H,14H2,1-2H3,(H,15,16)(H,17,18). The molecule has 98 valence electrons. The van der Waals surface area contributed by atoms with Crippen molar-refractivity contribution >= 4 is 17.6 Å². The van der Waals surface area contributed by atoms with E-state index >= 15 is 0 Å². The third kappa shape index (κ3) is 3.04. The van der Waals surface area contributed by atoms with Gasteiger partial charge in [0.05, 0.1) is 11.6 Å². The van der Waals surface area contributed by atoms with Crippen LogP contribution in [-0.4, -0.2) is 23.0 Å². The molecule has 0 saturated heterocycles. The Balaban J connectivity index is 3.02. The molecule has 6 heteroatoms. The number of carboxylic acid groups (broad SMARTS) is 1. The van der Waals surface area contributed by atoms with Crippen LogP contribution in [0.15, 0.2) is 18.2 Å². The lowest BCUT2D eigenvalue weighted by atomic mass is 10.0. The molecule has 1 aromatic rings. The number of nitrogens with two attached hydrogens (primary N) is 1. The molecule has 5 nitrogen and oxygen atoms in total. The van der Waals surface area contributed by atoms with Gasteiger partial charge in [-0.1, -0.05) is 13.0 Å². The van der Waals surface area contributed by atoms with Gasteiger partial charge in [0.2, 0.25) is 5.91 Å². The number of carboxylic acids is 1. The fourth-order valence-electron chi connectivity index (χ4n) is 1.33. The molecule has 0 aliphatic carbocycles. The number of hydrogen-bond acceptors (Lipinski definition) is 3. The molecule has 0 radical (unpaired) electrons. The Morgan fingerprint density at radius 3 is 2.50 bits per heavy atom. The minimum Gasteiger partial charge on any atom is -0.478 e. The zero-order valence-electron chi connectivity index (χ0n) is 10.1. The fourth-order valence-corrected chi connectivity index (χ4v) is 1.33. The highest BCUT2D eigenvalue weighted by atomic mass is 19.1. The van der Waals surface area contributed by atoms with Gasteiger partial charge in [0, 0.05) is 6.04 Å². The molecule has 4 N–H and O–H groups in total. The summed E-state index contributed by atoms with van der Waals surface area (Å²) >= 11 is 0. The van der Waals surface area contributed by atoms with Crippen molar-refractivity contribution in [2.24, 2.45) is 11.7 Å². The lowest BCUT2D eigenvalue weighted by molar-refractivity contribution is -0.119. The van der Waals surface area contributed by atoms with E-state index < -0.39 is 29.2 Å². The van der Waals surface area contributed by atoms with E-state index in [1.54, 1.807) is 13.8 Å². The number of benzene rings is 1. The topological polar surface area (TPSA) is 92.4 Å². The Kier molecular flexibility index (Phi) is 4.38. The van der Waals surface area contributed by atoms with Gasteiger partial charge in [-0.05, 0) is 19.1 Å². The molecule has 0 heterocycles. The van der Waals surface area contributed by atoms with Gasteiger partial charge >= 0.3 is 5.97 Å². The van der Waals surface area contributed by atoms with E-state index in [2.05, 4.69) is 5.32 Å². The second-order valence-electron chi connectivity index (χ2n) is 4.10. The average Bonchev–Trinajstić information content (AvgIpc) is 2.27. The lowest BCUT2D eigenvalue weighted by Gasteiger charge is -2.16. The minimum atomic E-state index is -1.43. The first kappa shape index (κ1) is 14.1. The molecule has 1 aromatic carbocycles. The van der Waals surface area contributed by atoms with Gasteiger partial charge in [-0.2, -0.15) is 0 Å². The maximum atomic E-state index is 13.4. The van der Waals surface area contributed by atoms with Gasteiger partial charge in [0.15, 0.2) is 0 Å². The molecule has 18 heavy (non-hydrogen) atoms. The molecule has 0 aliphatic rings. The summed E-state index contributed by atoms with van der Waals surface area (Å²) in [5.41, 5.74) is 4.94. The second kappa shape index (κ2) is 5.59. The Labute approximate surface area is 104 Å². The van der Waals surface area contributed by atoms with Crippen molar-refractivity contribution in [2.45, 2.75) is 19.9 Å². The minimum absolute atomic E-state index is 0.0694. The molecule has 0 spiro atoms. The quantitative estimate of drug-likeness (QED) is 0.758. The third-order valence-corrected chi connectivity index (χ3v) is 2.69. The number of nitrogens with one attached hydrogen (secondary N) is 1. The zero-order valence-corrected chi connectivity index (χ0v) is 10.1. The maximum absolute atomic E-state index is 13.4. The van der Waals surface area contributed by atoms with Crippen molar-refractivity contribution in [1.82, 2.24) is 0 Å². The number of rotatable bonds is 4. The van der Waals surface area contributed by atoms with Gasteiger partial charge in [-0.3, -0.25) is 4.79 Å². The molecular formula is C12H15FN2O3. The highest BCUT2D eigenvalue weighted by molar-refractivity contribution is 6.01. The Morgan fingerprint density at radius 2 is 2.00 bits per heavy atom. The van der Waals surface area contributed by atoms with E-state index in [0.29, 0.717) is 0 Å². The Hall–Kier alpha value is -1.95. The van der Waals surface area contributed by atoms with Crippen LogP contribution in [0.4, 0.5) is 10.1 Å². The van der Waals surface area contributed by atoms with Crippen molar-refractivity contribution in [3.8, 4) is 0 Å². The van der Waals surface area contributed by atoms with E-state index in [9.17, 15) is 14.0 Å². The van der Waals surface area contributed by atoms with Crippen LogP contribution in [0.3, 0.4) is 0 Å². The Morgan fingerprint density at radius 1 is 1.39 bits per heavy atom. The van der Waals surface area contributed by atoms with Crippen LogP contribution < -0.4 is 11.1 Å². The van der Waals surface area contributed by atoms with Crippen LogP contribution in [-0.2, 0) is 4.79 Å². The van der Waals surface area contributed by atoms with Gasteiger partial charge in [0.1, 0.15) is 11.4 Å². The summed E-state index contributed by atoms with van der Waals surface area (Å²) in [6, 6.07) is 3.30. The van der Waals surface area contributed by atoms with Crippen LogP contribution >= 0.6 is 0 Å². The predicted octanol–water partition coefficient (Wildman–Crippen LogP) is 1.45. The number of hydrogen-bond donors (Lipinski definition) is 3. The highest BCUT2D eigenvalue weighted by Gasteiger charge is 2.21. The molecule has 0 bridgehead atoms. The predicted molar refractivity (Wildman–Crippen MR) is 64.8 cm³/mol. The summed E-state index contributed by atoms with van der Waals surface area (Å²) in [6.45, 7) is 3.27. The summed E-state index contributed by atoms with van der Waals surface area (Å²) in [5.74, 6) is -3.28. The highest BCUT2D eigenvalue weighted by Crippen LogP contribution is 2.20. The largest absolute Gasteiger partial charge is 0.478 e. The van der Waals surface area contributed by atoms with Gasteiger partial charge in [-0.25, -0.2) is 9.18 Å².